The Balaban J connectivity index is 1.99. The van der Waals surface area contributed by atoms with Crippen LogP contribution in [0.1, 0.15) is 53.0 Å². The third-order valence-corrected chi connectivity index (χ3v) is 4.20. The van der Waals surface area contributed by atoms with E-state index in [0.717, 1.165) is 16.3 Å². The molecule has 2 heterocycles. The number of nitrogens with one attached hydrogen (secondary N) is 1. The molecule has 17 heavy (non-hydrogen) atoms. The van der Waals surface area contributed by atoms with Gasteiger partial charge < -0.3 is 5.32 Å². The van der Waals surface area contributed by atoms with Gasteiger partial charge in [-0.1, -0.05) is 6.42 Å². The molecule has 1 fully saturated rings. The number of Topliss-reactive ketones (excluding diaryl/α,β-unsaturated/α-hetero) is 1. The quantitative estimate of drug-likeness (QED) is 0.841. The molecule has 4 heteroatoms. The first-order chi connectivity index (χ1) is 8.06. The fourth-order valence-corrected chi connectivity index (χ4v) is 3.34. The molecule has 0 spiro atoms. The molecule has 94 valence electrons. The van der Waals surface area contributed by atoms with Gasteiger partial charge in [-0.25, -0.2) is 4.98 Å². The Labute approximate surface area is 107 Å². The maximum Gasteiger partial charge on any atom is 0.183 e. The molecule has 2 unspecified atom stereocenters. The number of hydrogen-bond acceptors (Lipinski definition) is 4. The van der Waals surface area contributed by atoms with Crippen molar-refractivity contribution in [3.8, 4) is 0 Å². The molecule has 2 rings (SSSR count). The van der Waals surface area contributed by atoms with E-state index in [-0.39, 0.29) is 5.78 Å². The fourth-order valence-electron chi connectivity index (χ4n) is 2.51. The molecule has 1 N–H and O–H groups in total. The van der Waals surface area contributed by atoms with E-state index in [1.54, 1.807) is 11.3 Å². The van der Waals surface area contributed by atoms with Crippen molar-refractivity contribution in [3.63, 3.8) is 0 Å². The minimum absolute atomic E-state index is 0.193. The van der Waals surface area contributed by atoms with E-state index in [1.807, 2.05) is 13.8 Å². The summed E-state index contributed by atoms with van der Waals surface area (Å²) in [6.45, 7) is 6.12. The first-order valence-electron chi connectivity index (χ1n) is 6.29. The van der Waals surface area contributed by atoms with Crippen LogP contribution in [0.3, 0.4) is 0 Å². The van der Waals surface area contributed by atoms with Gasteiger partial charge in [0.25, 0.3) is 0 Å². The summed E-state index contributed by atoms with van der Waals surface area (Å²) in [6.07, 6.45) is 4.15. The average Bonchev–Trinajstić information content (AvgIpc) is 2.58. The Morgan fingerprint density at radius 2 is 2.24 bits per heavy atom. The van der Waals surface area contributed by atoms with Gasteiger partial charge in [-0.3, -0.25) is 4.79 Å². The van der Waals surface area contributed by atoms with Gasteiger partial charge in [0, 0.05) is 23.4 Å². The number of aromatic nitrogens is 1. The summed E-state index contributed by atoms with van der Waals surface area (Å²) in [5.41, 5.74) is 0.688. The van der Waals surface area contributed by atoms with Crippen LogP contribution in [0.5, 0.6) is 0 Å². The van der Waals surface area contributed by atoms with E-state index in [0.29, 0.717) is 24.2 Å². The maximum absolute atomic E-state index is 12.2. The number of thiazole rings is 1. The third-order valence-electron chi connectivity index (χ3n) is 3.31. The standard InChI is InChI=1S/C13H20N2OS/c1-8-5-4-6-11(14-8)7-12(16)13-9(2)17-10(3)15-13/h8,11,14H,4-7H2,1-3H3. The number of piperidine rings is 1. The lowest BCUT2D eigenvalue weighted by molar-refractivity contribution is 0.0955. The van der Waals surface area contributed by atoms with Gasteiger partial charge in [0.1, 0.15) is 5.69 Å². The molecular weight excluding hydrogens is 232 g/mol. The van der Waals surface area contributed by atoms with Gasteiger partial charge in [-0.05, 0) is 33.6 Å². The maximum atomic E-state index is 12.2. The van der Waals surface area contributed by atoms with E-state index in [4.69, 9.17) is 0 Å². The number of nitrogens with zero attached hydrogens (tertiary/aromatic N) is 1. The lowest BCUT2D eigenvalue weighted by Crippen LogP contribution is -2.41. The molecule has 1 aliphatic rings. The average molecular weight is 252 g/mol. The Hall–Kier alpha value is -0.740. The smallest absolute Gasteiger partial charge is 0.183 e. The number of aryl methyl sites for hydroxylation is 2. The van der Waals surface area contributed by atoms with Gasteiger partial charge in [0.2, 0.25) is 0 Å². The van der Waals surface area contributed by atoms with Gasteiger partial charge in [-0.2, -0.15) is 0 Å². The second-order valence-corrected chi connectivity index (χ2v) is 6.37. The summed E-state index contributed by atoms with van der Waals surface area (Å²) >= 11 is 1.61. The minimum atomic E-state index is 0.193. The second kappa shape index (κ2) is 5.27. The molecule has 1 aliphatic heterocycles. The Morgan fingerprint density at radius 1 is 1.47 bits per heavy atom. The van der Waals surface area contributed by atoms with Gasteiger partial charge >= 0.3 is 0 Å². The summed E-state index contributed by atoms with van der Waals surface area (Å²) < 4.78 is 0. The predicted molar refractivity (Wildman–Crippen MR) is 70.8 cm³/mol. The van der Waals surface area contributed by atoms with Crippen molar-refractivity contribution in [3.05, 3.63) is 15.6 Å². The first kappa shape index (κ1) is 12.7. The lowest BCUT2D eigenvalue weighted by Gasteiger charge is -2.28. The Morgan fingerprint density at radius 3 is 2.82 bits per heavy atom. The van der Waals surface area contributed by atoms with Gasteiger partial charge in [0.05, 0.1) is 5.01 Å². The largest absolute Gasteiger partial charge is 0.311 e. The van der Waals surface area contributed by atoms with Crippen LogP contribution in [-0.2, 0) is 0 Å². The van der Waals surface area contributed by atoms with Crippen LogP contribution in [0.2, 0.25) is 0 Å². The van der Waals surface area contributed by atoms with Gasteiger partial charge in [-0.15, -0.1) is 11.3 Å². The highest BCUT2D eigenvalue weighted by molar-refractivity contribution is 7.11. The van der Waals surface area contributed by atoms with Crippen molar-refractivity contribution >= 4 is 17.1 Å². The molecule has 1 saturated heterocycles. The van der Waals surface area contributed by atoms with Crippen LogP contribution < -0.4 is 5.32 Å². The van der Waals surface area contributed by atoms with E-state index < -0.39 is 0 Å². The lowest BCUT2D eigenvalue weighted by atomic mass is 9.95. The molecule has 1 aromatic heterocycles. The SMILES string of the molecule is Cc1nc(C(=O)CC2CCCC(C)N2)c(C)s1. The molecule has 0 saturated carbocycles. The predicted octanol–water partition coefficient (Wildman–Crippen LogP) is 2.86. The summed E-state index contributed by atoms with van der Waals surface area (Å²) in [5, 5.41) is 4.48. The number of carbonyl (C=O) groups is 1. The molecule has 0 radical (unpaired) electrons. The van der Waals surface area contributed by atoms with E-state index in [2.05, 4.69) is 17.2 Å². The molecule has 1 aromatic rings. The molecule has 2 atom stereocenters. The number of rotatable bonds is 3. The monoisotopic (exact) mass is 252 g/mol. The second-order valence-electron chi connectivity index (χ2n) is 4.96. The van der Waals surface area contributed by atoms with Crippen LogP contribution in [0.15, 0.2) is 0 Å². The number of ketones is 1. The van der Waals surface area contributed by atoms with Crippen LogP contribution in [0.25, 0.3) is 0 Å². The zero-order valence-corrected chi connectivity index (χ0v) is 11.6. The first-order valence-corrected chi connectivity index (χ1v) is 7.11. The summed E-state index contributed by atoms with van der Waals surface area (Å²) in [4.78, 5) is 17.5. The normalized spacial score (nSPS) is 24.9. The summed E-state index contributed by atoms with van der Waals surface area (Å²) in [7, 11) is 0. The molecule has 0 aliphatic carbocycles. The van der Waals surface area contributed by atoms with Crippen molar-refractivity contribution < 1.29 is 4.79 Å². The minimum Gasteiger partial charge on any atom is -0.311 e. The molecule has 3 nitrogen and oxygen atoms in total. The highest BCUT2D eigenvalue weighted by atomic mass is 32.1. The highest BCUT2D eigenvalue weighted by Crippen LogP contribution is 2.21. The van der Waals surface area contributed by atoms with Crippen molar-refractivity contribution in [2.45, 2.75) is 58.5 Å². The van der Waals surface area contributed by atoms with E-state index >= 15 is 0 Å². The zero-order valence-electron chi connectivity index (χ0n) is 10.7. The zero-order chi connectivity index (χ0) is 12.4. The fraction of sp³-hybridized carbons (Fsp3) is 0.692. The highest BCUT2D eigenvalue weighted by Gasteiger charge is 2.23. The molecule has 0 bridgehead atoms. The third kappa shape index (κ3) is 3.13. The van der Waals surface area contributed by atoms with Crippen LogP contribution >= 0.6 is 11.3 Å². The number of carbonyl (C=O) groups excluding carboxylic acids is 1. The van der Waals surface area contributed by atoms with Crippen molar-refractivity contribution in [2.24, 2.45) is 0 Å². The summed E-state index contributed by atoms with van der Waals surface area (Å²) in [6, 6.07) is 0.882. The van der Waals surface area contributed by atoms with Crippen LogP contribution in [0, 0.1) is 13.8 Å². The van der Waals surface area contributed by atoms with Crippen LogP contribution in [0.4, 0.5) is 0 Å². The molecule has 0 aromatic carbocycles. The van der Waals surface area contributed by atoms with E-state index in [9.17, 15) is 4.79 Å². The van der Waals surface area contributed by atoms with Crippen LogP contribution in [-0.4, -0.2) is 22.9 Å². The molecule has 0 amide bonds. The van der Waals surface area contributed by atoms with Gasteiger partial charge in [0.15, 0.2) is 5.78 Å². The van der Waals surface area contributed by atoms with E-state index in [1.165, 1.54) is 12.8 Å². The summed E-state index contributed by atoms with van der Waals surface area (Å²) in [5.74, 6) is 0.193. The Kier molecular flexibility index (Phi) is 3.94. The van der Waals surface area contributed by atoms with Crippen molar-refractivity contribution in [1.29, 1.82) is 0 Å². The molecular formula is C13H20N2OS. The van der Waals surface area contributed by atoms with Crippen molar-refractivity contribution in [2.75, 3.05) is 0 Å². The van der Waals surface area contributed by atoms with Crippen molar-refractivity contribution in [1.82, 2.24) is 10.3 Å². The number of hydrogen-bond donors (Lipinski definition) is 1. The Bertz CT molecular complexity index is 414. The topological polar surface area (TPSA) is 42.0 Å².